The van der Waals surface area contributed by atoms with Gasteiger partial charge in [0.05, 0.1) is 0 Å². The molecule has 2 aromatic rings. The van der Waals surface area contributed by atoms with Crippen molar-refractivity contribution in [2.24, 2.45) is 0 Å². The topological polar surface area (TPSA) is 74.6 Å². The lowest BCUT2D eigenvalue weighted by molar-refractivity contribution is -0.139. The van der Waals surface area contributed by atoms with Crippen LogP contribution in [-0.2, 0) is 9.59 Å². The third-order valence-electron chi connectivity index (χ3n) is 3.08. The van der Waals surface area contributed by atoms with Crippen LogP contribution in [0.2, 0.25) is 0 Å². The van der Waals surface area contributed by atoms with E-state index in [1.54, 1.807) is 12.1 Å². The lowest BCUT2D eigenvalue weighted by Crippen LogP contribution is -2.10. The molecule has 0 saturated carbocycles. The van der Waals surface area contributed by atoms with Crippen LogP contribution >= 0.6 is 0 Å². The lowest BCUT2D eigenvalue weighted by Gasteiger charge is -2.07. The molecule has 0 radical (unpaired) electrons. The fraction of sp³-hybridized carbons (Fsp3) is 0.0588. The molecular weight excluding hydrogens is 268 g/mol. The first-order valence-electron chi connectivity index (χ1n) is 6.33. The van der Waals surface area contributed by atoms with Crippen LogP contribution < -0.4 is 0 Å². The second-order valence-electron chi connectivity index (χ2n) is 4.62. The number of hydrogen-bond acceptors (Lipinski definition) is 2. The summed E-state index contributed by atoms with van der Waals surface area (Å²) in [5.41, 5.74) is 2.71. The Morgan fingerprint density at radius 1 is 0.905 bits per heavy atom. The van der Waals surface area contributed by atoms with E-state index >= 15 is 0 Å². The minimum Gasteiger partial charge on any atom is -0.477 e. The average Bonchev–Trinajstić information content (AvgIpc) is 2.45. The van der Waals surface area contributed by atoms with E-state index in [9.17, 15) is 9.59 Å². The van der Waals surface area contributed by atoms with Crippen LogP contribution in [0.3, 0.4) is 0 Å². The van der Waals surface area contributed by atoms with Gasteiger partial charge in [0, 0.05) is 0 Å². The Labute approximate surface area is 122 Å². The average molecular weight is 282 g/mol. The van der Waals surface area contributed by atoms with Gasteiger partial charge >= 0.3 is 11.9 Å². The number of carboxylic acids is 2. The van der Waals surface area contributed by atoms with E-state index in [4.69, 9.17) is 10.2 Å². The van der Waals surface area contributed by atoms with E-state index in [0.29, 0.717) is 5.56 Å². The van der Waals surface area contributed by atoms with Crippen molar-refractivity contribution in [3.63, 3.8) is 0 Å². The molecule has 0 atom stereocenters. The van der Waals surface area contributed by atoms with Gasteiger partial charge in [0.2, 0.25) is 0 Å². The molecule has 106 valence electrons. The third kappa shape index (κ3) is 3.36. The van der Waals surface area contributed by atoms with Gasteiger partial charge in [-0.25, -0.2) is 9.59 Å². The summed E-state index contributed by atoms with van der Waals surface area (Å²) in [6.07, 6.45) is 1.18. The number of hydrogen-bond donors (Lipinski definition) is 2. The van der Waals surface area contributed by atoms with Gasteiger partial charge in [-0.3, -0.25) is 0 Å². The SMILES string of the molecule is Cc1ccc(-c2ccccc2C=C(C(=O)O)C(=O)O)cc1. The van der Waals surface area contributed by atoms with Crippen molar-refractivity contribution in [2.75, 3.05) is 0 Å². The fourth-order valence-electron chi connectivity index (χ4n) is 1.99. The first-order chi connectivity index (χ1) is 9.99. The van der Waals surface area contributed by atoms with E-state index < -0.39 is 17.5 Å². The predicted octanol–water partition coefficient (Wildman–Crippen LogP) is 3.21. The van der Waals surface area contributed by atoms with Crippen molar-refractivity contribution in [3.8, 4) is 11.1 Å². The van der Waals surface area contributed by atoms with E-state index in [0.717, 1.165) is 16.7 Å². The Kier molecular flexibility index (Phi) is 4.18. The third-order valence-corrected chi connectivity index (χ3v) is 3.08. The number of aryl methyl sites for hydroxylation is 1. The lowest BCUT2D eigenvalue weighted by atomic mass is 9.97. The molecule has 2 N–H and O–H groups in total. The normalized spacial score (nSPS) is 9.95. The summed E-state index contributed by atoms with van der Waals surface area (Å²) in [4.78, 5) is 22.0. The summed E-state index contributed by atoms with van der Waals surface area (Å²) in [5.74, 6) is -2.91. The molecule has 0 saturated heterocycles. The van der Waals surface area contributed by atoms with Gasteiger partial charge < -0.3 is 10.2 Å². The highest BCUT2D eigenvalue weighted by Gasteiger charge is 2.16. The zero-order valence-electron chi connectivity index (χ0n) is 11.4. The van der Waals surface area contributed by atoms with Crippen LogP contribution in [0.5, 0.6) is 0 Å². The van der Waals surface area contributed by atoms with Gasteiger partial charge in [-0.2, -0.15) is 0 Å². The summed E-state index contributed by atoms with van der Waals surface area (Å²) in [6.45, 7) is 1.97. The zero-order chi connectivity index (χ0) is 15.4. The second-order valence-corrected chi connectivity index (χ2v) is 4.62. The molecule has 0 heterocycles. The molecule has 0 unspecified atom stereocenters. The predicted molar refractivity (Wildman–Crippen MR) is 79.9 cm³/mol. The highest BCUT2D eigenvalue weighted by atomic mass is 16.4. The van der Waals surface area contributed by atoms with Gasteiger partial charge in [0.25, 0.3) is 0 Å². The molecule has 0 aliphatic rings. The van der Waals surface area contributed by atoms with Crippen LogP contribution in [0.4, 0.5) is 0 Å². The monoisotopic (exact) mass is 282 g/mol. The van der Waals surface area contributed by atoms with E-state index in [1.165, 1.54) is 6.08 Å². The van der Waals surface area contributed by atoms with Gasteiger partial charge in [0.1, 0.15) is 5.57 Å². The number of rotatable bonds is 4. The maximum atomic E-state index is 11.0. The minimum atomic E-state index is -1.46. The number of carbonyl (C=O) groups is 2. The van der Waals surface area contributed by atoms with Crippen LogP contribution in [0.1, 0.15) is 11.1 Å². The van der Waals surface area contributed by atoms with Crippen molar-refractivity contribution in [3.05, 3.63) is 65.2 Å². The van der Waals surface area contributed by atoms with Crippen LogP contribution in [0, 0.1) is 6.92 Å². The molecule has 4 heteroatoms. The Hall–Kier alpha value is -2.88. The first kappa shape index (κ1) is 14.5. The van der Waals surface area contributed by atoms with Crippen molar-refractivity contribution >= 4 is 18.0 Å². The van der Waals surface area contributed by atoms with Crippen molar-refractivity contribution in [1.29, 1.82) is 0 Å². The molecule has 2 aromatic carbocycles. The second kappa shape index (κ2) is 6.05. The standard InChI is InChI=1S/C17H14O4/c1-11-6-8-12(9-7-11)14-5-3-2-4-13(14)10-15(16(18)19)17(20)21/h2-10H,1H3,(H,18,19)(H,20,21). The minimum absolute atomic E-state index is 0.557. The first-order valence-corrected chi connectivity index (χ1v) is 6.33. The van der Waals surface area contributed by atoms with Crippen LogP contribution in [-0.4, -0.2) is 22.2 Å². The summed E-state index contributed by atoms with van der Waals surface area (Å²) in [6, 6.07) is 14.8. The summed E-state index contributed by atoms with van der Waals surface area (Å²) < 4.78 is 0. The number of benzene rings is 2. The Morgan fingerprint density at radius 2 is 1.48 bits per heavy atom. The quantitative estimate of drug-likeness (QED) is 0.513. The largest absolute Gasteiger partial charge is 0.477 e. The van der Waals surface area contributed by atoms with Crippen LogP contribution in [0.25, 0.3) is 17.2 Å². The molecule has 0 aliphatic carbocycles. The van der Waals surface area contributed by atoms with E-state index in [2.05, 4.69) is 0 Å². The summed E-state index contributed by atoms with van der Waals surface area (Å²) >= 11 is 0. The Balaban J connectivity index is 2.56. The number of carboxylic acid groups (broad SMARTS) is 2. The van der Waals surface area contributed by atoms with Gasteiger partial charge in [-0.05, 0) is 29.7 Å². The van der Waals surface area contributed by atoms with E-state index in [1.807, 2.05) is 43.3 Å². The van der Waals surface area contributed by atoms with Crippen molar-refractivity contribution < 1.29 is 19.8 Å². The van der Waals surface area contributed by atoms with Gasteiger partial charge in [0.15, 0.2) is 0 Å². The molecule has 0 spiro atoms. The van der Waals surface area contributed by atoms with Gasteiger partial charge in [-0.15, -0.1) is 0 Å². The highest BCUT2D eigenvalue weighted by Crippen LogP contribution is 2.26. The maximum Gasteiger partial charge on any atom is 0.343 e. The fourth-order valence-corrected chi connectivity index (χ4v) is 1.99. The molecule has 2 rings (SSSR count). The molecular formula is C17H14O4. The highest BCUT2D eigenvalue weighted by molar-refractivity contribution is 6.16. The number of aliphatic carboxylic acids is 2. The van der Waals surface area contributed by atoms with E-state index in [-0.39, 0.29) is 0 Å². The maximum absolute atomic E-state index is 11.0. The zero-order valence-corrected chi connectivity index (χ0v) is 11.4. The summed E-state index contributed by atoms with van der Waals surface area (Å²) in [5, 5.41) is 17.9. The molecule has 0 aromatic heterocycles. The molecule has 21 heavy (non-hydrogen) atoms. The molecule has 4 nitrogen and oxygen atoms in total. The molecule has 0 bridgehead atoms. The molecule has 0 fully saturated rings. The van der Waals surface area contributed by atoms with Crippen LogP contribution in [0.15, 0.2) is 54.1 Å². The smallest absolute Gasteiger partial charge is 0.343 e. The van der Waals surface area contributed by atoms with Gasteiger partial charge in [-0.1, -0.05) is 54.1 Å². The Morgan fingerprint density at radius 3 is 2.05 bits per heavy atom. The molecule has 0 aliphatic heterocycles. The summed E-state index contributed by atoms with van der Waals surface area (Å²) in [7, 11) is 0. The van der Waals surface area contributed by atoms with Crippen molar-refractivity contribution in [2.45, 2.75) is 6.92 Å². The Bertz CT molecular complexity index is 696. The van der Waals surface area contributed by atoms with Crippen molar-refractivity contribution in [1.82, 2.24) is 0 Å². The molecule has 0 amide bonds.